The van der Waals surface area contributed by atoms with E-state index in [1.807, 2.05) is 45.0 Å². The van der Waals surface area contributed by atoms with Crippen molar-refractivity contribution in [2.24, 2.45) is 11.7 Å². The number of rotatable bonds is 8. The summed E-state index contributed by atoms with van der Waals surface area (Å²) in [5, 5.41) is 7.06. The van der Waals surface area contributed by atoms with Crippen LogP contribution in [0.25, 0.3) is 11.4 Å². The van der Waals surface area contributed by atoms with Gasteiger partial charge in [-0.15, -0.1) is 0 Å². The minimum atomic E-state index is -0.404. The van der Waals surface area contributed by atoms with Crippen LogP contribution in [-0.2, 0) is 6.54 Å². The zero-order valence-electron chi connectivity index (χ0n) is 16.9. The number of amides is 1. The predicted octanol–water partition coefficient (Wildman–Crippen LogP) is 3.72. The Hall–Kier alpha value is -3.19. The molecule has 3 aromatic rings. The molecule has 1 atom stereocenters. The number of hydrogen-bond acceptors (Lipinski definition) is 6. The molecule has 152 valence electrons. The molecule has 0 bridgehead atoms. The second-order valence-corrected chi connectivity index (χ2v) is 7.01. The molecule has 0 aliphatic carbocycles. The Balaban J connectivity index is 1.75. The Bertz CT molecular complexity index is 933. The molecule has 7 heteroatoms. The zero-order chi connectivity index (χ0) is 20.8. The number of benzene rings is 2. The van der Waals surface area contributed by atoms with E-state index in [2.05, 4.69) is 15.5 Å². The zero-order valence-corrected chi connectivity index (χ0v) is 16.9. The first-order valence-corrected chi connectivity index (χ1v) is 9.68. The molecular formula is C22H26N4O3. The second kappa shape index (κ2) is 9.34. The molecule has 0 saturated heterocycles. The quantitative estimate of drug-likeness (QED) is 0.603. The molecule has 1 aromatic heterocycles. The summed E-state index contributed by atoms with van der Waals surface area (Å²) >= 11 is 0. The van der Waals surface area contributed by atoms with Crippen LogP contribution in [0.1, 0.15) is 48.6 Å². The van der Waals surface area contributed by atoms with E-state index < -0.39 is 6.04 Å². The summed E-state index contributed by atoms with van der Waals surface area (Å²) in [7, 11) is 0. The SMILES string of the molecule is CCOc1ccc(C(=O)NC(c2nc(-c3ccc(CN)cc3)no2)C(C)C)cc1. The highest BCUT2D eigenvalue weighted by Gasteiger charge is 2.25. The Morgan fingerprint density at radius 3 is 2.41 bits per heavy atom. The number of hydrogen-bond donors (Lipinski definition) is 2. The van der Waals surface area contributed by atoms with Crippen molar-refractivity contribution in [3.63, 3.8) is 0 Å². The van der Waals surface area contributed by atoms with Gasteiger partial charge in [-0.05, 0) is 42.7 Å². The van der Waals surface area contributed by atoms with E-state index in [4.69, 9.17) is 15.0 Å². The maximum absolute atomic E-state index is 12.7. The normalized spacial score (nSPS) is 12.0. The number of nitrogens with two attached hydrogens (primary N) is 1. The van der Waals surface area contributed by atoms with Crippen LogP contribution in [0, 0.1) is 5.92 Å². The summed E-state index contributed by atoms with van der Waals surface area (Å²) in [5.41, 5.74) is 8.03. The van der Waals surface area contributed by atoms with E-state index >= 15 is 0 Å². The van der Waals surface area contributed by atoms with Crippen LogP contribution < -0.4 is 15.8 Å². The first kappa shape index (κ1) is 20.5. The van der Waals surface area contributed by atoms with Gasteiger partial charge in [0.25, 0.3) is 5.91 Å². The molecule has 0 fully saturated rings. The van der Waals surface area contributed by atoms with Crippen LogP contribution in [0.5, 0.6) is 5.75 Å². The van der Waals surface area contributed by atoms with Gasteiger partial charge in [-0.1, -0.05) is 43.3 Å². The van der Waals surface area contributed by atoms with Gasteiger partial charge in [-0.2, -0.15) is 4.98 Å². The molecule has 2 aromatic carbocycles. The van der Waals surface area contributed by atoms with E-state index in [1.54, 1.807) is 24.3 Å². The molecule has 0 aliphatic heterocycles. The molecule has 0 saturated carbocycles. The molecule has 1 amide bonds. The lowest BCUT2D eigenvalue weighted by Gasteiger charge is -2.18. The van der Waals surface area contributed by atoms with Crippen molar-refractivity contribution >= 4 is 5.91 Å². The number of nitrogens with zero attached hydrogens (tertiary/aromatic N) is 2. The maximum Gasteiger partial charge on any atom is 0.251 e. The van der Waals surface area contributed by atoms with Gasteiger partial charge < -0.3 is 20.3 Å². The third-order valence-electron chi connectivity index (χ3n) is 4.54. The van der Waals surface area contributed by atoms with Crippen molar-refractivity contribution < 1.29 is 14.1 Å². The fraction of sp³-hybridized carbons (Fsp3) is 0.318. The molecule has 7 nitrogen and oxygen atoms in total. The summed E-state index contributed by atoms with van der Waals surface area (Å²) in [6.07, 6.45) is 0. The van der Waals surface area contributed by atoms with Crippen LogP contribution in [0.3, 0.4) is 0 Å². The Morgan fingerprint density at radius 1 is 1.14 bits per heavy atom. The Labute approximate surface area is 170 Å². The number of ether oxygens (including phenoxy) is 1. The summed E-state index contributed by atoms with van der Waals surface area (Å²) in [6.45, 7) is 6.95. The Morgan fingerprint density at radius 2 is 1.83 bits per heavy atom. The van der Waals surface area contributed by atoms with Crippen molar-refractivity contribution in [1.82, 2.24) is 15.5 Å². The number of carbonyl (C=O) groups excluding carboxylic acids is 1. The third-order valence-corrected chi connectivity index (χ3v) is 4.54. The highest BCUT2D eigenvalue weighted by Crippen LogP contribution is 2.24. The molecule has 1 heterocycles. The van der Waals surface area contributed by atoms with Crippen LogP contribution in [-0.4, -0.2) is 22.7 Å². The first-order valence-electron chi connectivity index (χ1n) is 9.68. The predicted molar refractivity (Wildman–Crippen MR) is 110 cm³/mol. The van der Waals surface area contributed by atoms with E-state index in [1.165, 1.54) is 0 Å². The van der Waals surface area contributed by atoms with E-state index in [0.717, 1.165) is 16.9 Å². The van der Waals surface area contributed by atoms with Gasteiger partial charge in [0, 0.05) is 17.7 Å². The lowest BCUT2D eigenvalue weighted by molar-refractivity contribution is 0.0914. The van der Waals surface area contributed by atoms with E-state index in [0.29, 0.717) is 30.4 Å². The van der Waals surface area contributed by atoms with Crippen LogP contribution in [0.4, 0.5) is 0 Å². The average molecular weight is 394 g/mol. The molecular weight excluding hydrogens is 368 g/mol. The van der Waals surface area contributed by atoms with Gasteiger partial charge in [-0.25, -0.2) is 0 Å². The minimum absolute atomic E-state index is 0.0644. The minimum Gasteiger partial charge on any atom is -0.494 e. The fourth-order valence-electron chi connectivity index (χ4n) is 2.88. The van der Waals surface area contributed by atoms with Crippen molar-refractivity contribution in [2.75, 3.05) is 6.61 Å². The number of carbonyl (C=O) groups is 1. The summed E-state index contributed by atoms with van der Waals surface area (Å²) < 4.78 is 10.9. The first-order chi connectivity index (χ1) is 14.0. The van der Waals surface area contributed by atoms with Crippen LogP contribution in [0.2, 0.25) is 0 Å². The summed E-state index contributed by atoms with van der Waals surface area (Å²) in [4.78, 5) is 17.2. The van der Waals surface area contributed by atoms with Crippen molar-refractivity contribution in [3.8, 4) is 17.1 Å². The summed E-state index contributed by atoms with van der Waals surface area (Å²) in [5.74, 6) is 1.43. The molecule has 29 heavy (non-hydrogen) atoms. The highest BCUT2D eigenvalue weighted by atomic mass is 16.5. The number of aromatic nitrogens is 2. The van der Waals surface area contributed by atoms with Crippen molar-refractivity contribution in [2.45, 2.75) is 33.4 Å². The van der Waals surface area contributed by atoms with Crippen LogP contribution >= 0.6 is 0 Å². The van der Waals surface area contributed by atoms with Gasteiger partial charge >= 0.3 is 0 Å². The standard InChI is InChI=1S/C22H26N4O3/c1-4-28-18-11-9-17(10-12-18)21(27)24-19(14(2)3)22-25-20(26-29-22)16-7-5-15(13-23)6-8-16/h5-12,14,19H,4,13,23H2,1-3H3,(H,24,27). The van der Waals surface area contributed by atoms with Crippen LogP contribution in [0.15, 0.2) is 53.1 Å². The lowest BCUT2D eigenvalue weighted by Crippen LogP contribution is -2.32. The largest absolute Gasteiger partial charge is 0.494 e. The van der Waals surface area contributed by atoms with Crippen molar-refractivity contribution in [3.05, 3.63) is 65.5 Å². The molecule has 0 aliphatic rings. The smallest absolute Gasteiger partial charge is 0.251 e. The fourth-order valence-corrected chi connectivity index (χ4v) is 2.88. The van der Waals surface area contributed by atoms with Gasteiger partial charge in [0.1, 0.15) is 11.8 Å². The molecule has 0 spiro atoms. The summed E-state index contributed by atoms with van der Waals surface area (Å²) in [6, 6.07) is 14.3. The molecule has 3 N–H and O–H groups in total. The molecule has 1 unspecified atom stereocenters. The van der Waals surface area contributed by atoms with E-state index in [9.17, 15) is 4.79 Å². The van der Waals surface area contributed by atoms with Gasteiger partial charge in [0.05, 0.1) is 6.61 Å². The molecule has 3 rings (SSSR count). The van der Waals surface area contributed by atoms with Crippen molar-refractivity contribution in [1.29, 1.82) is 0 Å². The monoisotopic (exact) mass is 394 g/mol. The topological polar surface area (TPSA) is 103 Å². The second-order valence-electron chi connectivity index (χ2n) is 7.01. The van der Waals surface area contributed by atoms with E-state index in [-0.39, 0.29) is 11.8 Å². The van der Waals surface area contributed by atoms with Gasteiger partial charge in [0.15, 0.2) is 0 Å². The average Bonchev–Trinajstić information content (AvgIpc) is 3.22. The number of nitrogens with one attached hydrogen (secondary N) is 1. The Kier molecular flexibility index (Phi) is 6.61. The maximum atomic E-state index is 12.7. The van der Waals surface area contributed by atoms with Gasteiger partial charge in [0.2, 0.25) is 11.7 Å². The lowest BCUT2D eigenvalue weighted by atomic mass is 10.0. The third kappa shape index (κ3) is 5.00. The highest BCUT2D eigenvalue weighted by molar-refractivity contribution is 5.94. The molecule has 0 radical (unpaired) electrons. The van der Waals surface area contributed by atoms with Gasteiger partial charge in [-0.3, -0.25) is 4.79 Å².